The summed E-state index contributed by atoms with van der Waals surface area (Å²) in [6.07, 6.45) is 3.46. The minimum atomic E-state index is -0.0414. The van der Waals surface area contributed by atoms with Crippen molar-refractivity contribution in [1.82, 2.24) is 10.2 Å². The maximum absolute atomic E-state index is 12.3. The first-order valence-corrected chi connectivity index (χ1v) is 8.82. The number of amides is 1. The van der Waals surface area contributed by atoms with Crippen molar-refractivity contribution in [2.75, 3.05) is 12.4 Å². The Balaban J connectivity index is 1.42. The van der Waals surface area contributed by atoms with E-state index in [1.165, 1.54) is 0 Å². The molecule has 1 amide bonds. The summed E-state index contributed by atoms with van der Waals surface area (Å²) in [7, 11) is 1.66. The summed E-state index contributed by atoms with van der Waals surface area (Å²) in [5, 5.41) is 10.2. The number of methoxy groups -OCH3 is 1. The third-order valence-electron chi connectivity index (χ3n) is 4.79. The van der Waals surface area contributed by atoms with E-state index >= 15 is 0 Å². The zero-order valence-electron chi connectivity index (χ0n) is 14.7. The highest BCUT2D eigenvalue weighted by Gasteiger charge is 2.19. The molecule has 1 aliphatic carbocycles. The van der Waals surface area contributed by atoms with Crippen LogP contribution in [0.3, 0.4) is 0 Å². The number of nitrogens with zero attached hydrogens (tertiary/aromatic N) is 1. The van der Waals surface area contributed by atoms with E-state index < -0.39 is 0 Å². The van der Waals surface area contributed by atoms with Gasteiger partial charge in [0.15, 0.2) is 5.82 Å². The van der Waals surface area contributed by atoms with E-state index in [4.69, 9.17) is 4.74 Å². The maximum atomic E-state index is 12.3. The van der Waals surface area contributed by atoms with Crippen molar-refractivity contribution in [3.8, 4) is 16.9 Å². The van der Waals surface area contributed by atoms with Gasteiger partial charge in [0.1, 0.15) is 5.75 Å². The fourth-order valence-electron chi connectivity index (χ4n) is 3.40. The van der Waals surface area contributed by atoms with Gasteiger partial charge in [-0.3, -0.25) is 9.89 Å². The van der Waals surface area contributed by atoms with Gasteiger partial charge in [-0.25, -0.2) is 0 Å². The van der Waals surface area contributed by atoms with Crippen molar-refractivity contribution < 1.29 is 9.53 Å². The van der Waals surface area contributed by atoms with Gasteiger partial charge >= 0.3 is 0 Å². The van der Waals surface area contributed by atoms with Gasteiger partial charge in [0, 0.05) is 11.3 Å². The Kier molecular flexibility index (Phi) is 4.44. The second kappa shape index (κ2) is 7.04. The standard InChI is InChI=1S/C21H21N3O2/c1-26-17-5-2-4-16(13-17)15-10-8-14(9-11-15)12-20(25)22-21-18-6-3-7-19(18)23-24-21/h2,4-5,8-11,13H,3,6-7,12H2,1H3,(H2,22,23,24,25). The van der Waals surface area contributed by atoms with E-state index in [0.717, 1.165) is 53.0 Å². The lowest BCUT2D eigenvalue weighted by atomic mass is 10.0. The molecule has 2 N–H and O–H groups in total. The number of aryl methyl sites for hydroxylation is 1. The van der Waals surface area contributed by atoms with Crippen molar-refractivity contribution in [1.29, 1.82) is 0 Å². The Bertz CT molecular complexity index is 929. The number of aromatic amines is 1. The third-order valence-corrected chi connectivity index (χ3v) is 4.79. The molecule has 0 atom stereocenters. The predicted octanol–water partition coefficient (Wildman–Crippen LogP) is 3.76. The minimum Gasteiger partial charge on any atom is -0.497 e. The smallest absolute Gasteiger partial charge is 0.230 e. The third kappa shape index (κ3) is 3.33. The Hall–Kier alpha value is -3.08. The van der Waals surface area contributed by atoms with Gasteiger partial charge in [-0.2, -0.15) is 5.10 Å². The average Bonchev–Trinajstić information content (AvgIpc) is 3.27. The molecular weight excluding hydrogens is 326 g/mol. The molecule has 5 heteroatoms. The molecule has 0 spiro atoms. The molecular formula is C21H21N3O2. The number of carbonyl (C=O) groups excluding carboxylic acids is 1. The van der Waals surface area contributed by atoms with Crippen LogP contribution in [0.15, 0.2) is 48.5 Å². The zero-order chi connectivity index (χ0) is 17.9. The van der Waals surface area contributed by atoms with E-state index in [1.807, 2.05) is 48.5 Å². The number of carbonyl (C=O) groups is 1. The number of benzene rings is 2. The summed E-state index contributed by atoms with van der Waals surface area (Å²) in [5.41, 5.74) is 5.47. The van der Waals surface area contributed by atoms with Gasteiger partial charge in [-0.1, -0.05) is 36.4 Å². The Morgan fingerprint density at radius 3 is 2.81 bits per heavy atom. The number of H-pyrrole nitrogens is 1. The first-order valence-electron chi connectivity index (χ1n) is 8.82. The van der Waals surface area contributed by atoms with Crippen LogP contribution in [0.1, 0.15) is 23.2 Å². The highest BCUT2D eigenvalue weighted by atomic mass is 16.5. The van der Waals surface area contributed by atoms with Crippen LogP contribution < -0.4 is 10.1 Å². The highest BCUT2D eigenvalue weighted by Crippen LogP contribution is 2.27. The molecule has 0 saturated carbocycles. The summed E-state index contributed by atoms with van der Waals surface area (Å²) < 4.78 is 5.27. The van der Waals surface area contributed by atoms with Crippen molar-refractivity contribution in [3.63, 3.8) is 0 Å². The number of rotatable bonds is 5. The topological polar surface area (TPSA) is 67.0 Å². The maximum Gasteiger partial charge on any atom is 0.230 e. The summed E-state index contributed by atoms with van der Waals surface area (Å²) in [6.45, 7) is 0. The number of hydrogen-bond acceptors (Lipinski definition) is 3. The van der Waals surface area contributed by atoms with Crippen molar-refractivity contribution >= 4 is 11.7 Å². The van der Waals surface area contributed by atoms with Gasteiger partial charge in [-0.05, 0) is 48.1 Å². The van der Waals surface area contributed by atoms with Crippen LogP contribution in [0, 0.1) is 0 Å². The van der Waals surface area contributed by atoms with E-state index in [1.54, 1.807) is 7.11 Å². The van der Waals surface area contributed by atoms with Crippen molar-refractivity contribution in [3.05, 3.63) is 65.4 Å². The lowest BCUT2D eigenvalue weighted by molar-refractivity contribution is -0.115. The van der Waals surface area contributed by atoms with E-state index in [9.17, 15) is 4.79 Å². The number of hydrogen-bond donors (Lipinski definition) is 2. The van der Waals surface area contributed by atoms with Crippen LogP contribution in [-0.4, -0.2) is 23.2 Å². The van der Waals surface area contributed by atoms with Crippen LogP contribution >= 0.6 is 0 Å². The predicted molar refractivity (Wildman–Crippen MR) is 101 cm³/mol. The summed E-state index contributed by atoms with van der Waals surface area (Å²) >= 11 is 0. The number of fused-ring (bicyclic) bond motifs is 1. The zero-order valence-corrected chi connectivity index (χ0v) is 14.7. The molecule has 0 radical (unpaired) electrons. The van der Waals surface area contributed by atoms with E-state index in [0.29, 0.717) is 12.2 Å². The molecule has 0 fully saturated rings. The fraction of sp³-hybridized carbons (Fsp3) is 0.238. The number of anilines is 1. The van der Waals surface area contributed by atoms with Crippen molar-refractivity contribution in [2.45, 2.75) is 25.7 Å². The molecule has 0 aliphatic heterocycles. The summed E-state index contributed by atoms with van der Waals surface area (Å²) in [4.78, 5) is 12.3. The fourth-order valence-corrected chi connectivity index (χ4v) is 3.40. The van der Waals surface area contributed by atoms with E-state index in [-0.39, 0.29) is 5.91 Å². The quantitative estimate of drug-likeness (QED) is 0.738. The number of ether oxygens (including phenoxy) is 1. The SMILES string of the molecule is COc1cccc(-c2ccc(CC(=O)Nc3n[nH]c4c3CCC4)cc2)c1. The van der Waals surface area contributed by atoms with Crippen molar-refractivity contribution in [2.24, 2.45) is 0 Å². The number of nitrogens with one attached hydrogen (secondary N) is 2. The molecule has 1 aliphatic rings. The van der Waals surface area contributed by atoms with Crippen LogP contribution in [0.5, 0.6) is 5.75 Å². The lowest BCUT2D eigenvalue weighted by Gasteiger charge is -2.07. The molecule has 5 nitrogen and oxygen atoms in total. The second-order valence-corrected chi connectivity index (χ2v) is 6.54. The van der Waals surface area contributed by atoms with Crippen LogP contribution in [0.2, 0.25) is 0 Å². The Morgan fingerprint density at radius 2 is 2.00 bits per heavy atom. The molecule has 0 saturated heterocycles. The van der Waals surface area contributed by atoms with Crippen LogP contribution in [0.25, 0.3) is 11.1 Å². The Morgan fingerprint density at radius 1 is 1.15 bits per heavy atom. The molecule has 0 bridgehead atoms. The van der Waals surface area contributed by atoms with Gasteiger partial charge in [-0.15, -0.1) is 0 Å². The Labute approximate surface area is 152 Å². The molecule has 1 heterocycles. The molecule has 26 heavy (non-hydrogen) atoms. The minimum absolute atomic E-state index is 0.0414. The van der Waals surface area contributed by atoms with Crippen LogP contribution in [0.4, 0.5) is 5.82 Å². The first kappa shape index (κ1) is 16.4. The molecule has 132 valence electrons. The normalized spacial score (nSPS) is 12.7. The molecule has 3 aromatic rings. The first-order chi connectivity index (χ1) is 12.7. The molecule has 0 unspecified atom stereocenters. The average molecular weight is 347 g/mol. The lowest BCUT2D eigenvalue weighted by Crippen LogP contribution is -2.15. The van der Waals surface area contributed by atoms with Gasteiger partial charge in [0.05, 0.1) is 13.5 Å². The number of aromatic nitrogens is 2. The largest absolute Gasteiger partial charge is 0.497 e. The molecule has 1 aromatic heterocycles. The van der Waals surface area contributed by atoms with Gasteiger partial charge in [0.2, 0.25) is 5.91 Å². The highest BCUT2D eigenvalue weighted by molar-refractivity contribution is 5.92. The second-order valence-electron chi connectivity index (χ2n) is 6.54. The van der Waals surface area contributed by atoms with Crippen LogP contribution in [-0.2, 0) is 24.1 Å². The summed E-state index contributed by atoms with van der Waals surface area (Å²) in [6, 6.07) is 16.0. The summed E-state index contributed by atoms with van der Waals surface area (Å²) in [5.74, 6) is 1.48. The monoisotopic (exact) mass is 347 g/mol. The molecule has 2 aromatic carbocycles. The van der Waals surface area contributed by atoms with Gasteiger partial charge < -0.3 is 10.1 Å². The van der Waals surface area contributed by atoms with E-state index in [2.05, 4.69) is 15.5 Å². The molecule has 4 rings (SSSR count). The van der Waals surface area contributed by atoms with Gasteiger partial charge in [0.25, 0.3) is 0 Å².